The summed E-state index contributed by atoms with van der Waals surface area (Å²) in [4.78, 5) is 24.9. The molecule has 0 saturated carbocycles. The van der Waals surface area contributed by atoms with Crippen LogP contribution in [0.5, 0.6) is 5.88 Å². The molecule has 0 bridgehead atoms. The largest absolute Gasteiger partial charge is 0.494 e. The second kappa shape index (κ2) is 4.36. The van der Waals surface area contributed by atoms with E-state index in [0.29, 0.717) is 0 Å². The molecule has 0 atom stereocenters. The van der Waals surface area contributed by atoms with E-state index in [2.05, 4.69) is 10.3 Å². The average molecular weight is 225 g/mol. The number of pyridine rings is 1. The maximum Gasteiger partial charge on any atom is 0.252 e. The molecule has 0 aliphatic rings. The van der Waals surface area contributed by atoms with Crippen molar-refractivity contribution in [1.29, 1.82) is 0 Å². The minimum absolute atomic E-state index is 0.0998. The lowest BCUT2D eigenvalue weighted by molar-refractivity contribution is 0.0915. The minimum atomic E-state index is -0.560. The molecular weight excluding hydrogens is 210 g/mol. The van der Waals surface area contributed by atoms with Crippen LogP contribution >= 0.6 is 0 Å². The monoisotopic (exact) mass is 225 g/mol. The Hall–Kier alpha value is -1.82. The lowest BCUT2D eigenvalue weighted by Gasteiger charge is -2.24. The number of carbonyl (C=O) groups is 1. The van der Waals surface area contributed by atoms with E-state index < -0.39 is 17.0 Å². The van der Waals surface area contributed by atoms with Gasteiger partial charge >= 0.3 is 0 Å². The summed E-state index contributed by atoms with van der Waals surface area (Å²) in [5, 5.41) is 11.8. The van der Waals surface area contributed by atoms with Crippen molar-refractivity contribution >= 4 is 5.91 Å². The van der Waals surface area contributed by atoms with Gasteiger partial charge in [-0.25, -0.2) is 0 Å². The highest BCUT2D eigenvalue weighted by Crippen LogP contribution is 2.06. The Morgan fingerprint density at radius 3 is 2.69 bits per heavy atom. The summed E-state index contributed by atoms with van der Waals surface area (Å²) in [5.41, 5.74) is 4.47. The molecule has 88 valence electrons. The van der Waals surface area contributed by atoms with Gasteiger partial charge in [0.1, 0.15) is 0 Å². The summed E-state index contributed by atoms with van der Waals surface area (Å²) >= 11 is 0. The number of nitrogens with two attached hydrogens (primary N) is 1. The van der Waals surface area contributed by atoms with Crippen molar-refractivity contribution in [2.75, 3.05) is 6.54 Å². The average Bonchev–Trinajstić information content (AvgIpc) is 2.15. The van der Waals surface area contributed by atoms with Crippen LogP contribution in [0.25, 0.3) is 0 Å². The first-order valence-corrected chi connectivity index (χ1v) is 4.80. The van der Waals surface area contributed by atoms with Gasteiger partial charge in [-0.3, -0.25) is 14.6 Å². The summed E-state index contributed by atoms with van der Waals surface area (Å²) in [7, 11) is 0. The van der Waals surface area contributed by atoms with Gasteiger partial charge in [0.05, 0.1) is 5.56 Å². The van der Waals surface area contributed by atoms with E-state index in [-0.39, 0.29) is 18.0 Å². The molecule has 1 heterocycles. The number of hydrogen-bond donors (Lipinski definition) is 4. The van der Waals surface area contributed by atoms with Crippen molar-refractivity contribution in [2.45, 2.75) is 19.4 Å². The van der Waals surface area contributed by atoms with Gasteiger partial charge in [0.2, 0.25) is 0 Å². The molecule has 0 spiro atoms. The van der Waals surface area contributed by atoms with Gasteiger partial charge in [-0.05, 0) is 13.8 Å². The van der Waals surface area contributed by atoms with E-state index in [0.717, 1.165) is 6.07 Å². The Kier molecular flexibility index (Phi) is 3.34. The van der Waals surface area contributed by atoms with Gasteiger partial charge in [-0.2, -0.15) is 0 Å². The van der Waals surface area contributed by atoms with E-state index in [1.165, 1.54) is 6.07 Å². The zero-order valence-electron chi connectivity index (χ0n) is 9.20. The van der Waals surface area contributed by atoms with Gasteiger partial charge in [-0.1, -0.05) is 0 Å². The molecule has 0 unspecified atom stereocenters. The maximum atomic E-state index is 11.7. The first-order valence-electron chi connectivity index (χ1n) is 4.80. The quantitative estimate of drug-likeness (QED) is 0.558. The molecule has 0 radical (unpaired) electrons. The van der Waals surface area contributed by atoms with Crippen molar-refractivity contribution in [1.82, 2.24) is 10.3 Å². The van der Waals surface area contributed by atoms with Crippen molar-refractivity contribution in [3.05, 3.63) is 28.0 Å². The Morgan fingerprint density at radius 2 is 2.19 bits per heavy atom. The molecule has 0 aliphatic heterocycles. The summed E-state index contributed by atoms with van der Waals surface area (Å²) < 4.78 is 0. The first kappa shape index (κ1) is 12.3. The fourth-order valence-corrected chi connectivity index (χ4v) is 1.09. The van der Waals surface area contributed by atoms with Crippen molar-refractivity contribution in [2.24, 2.45) is 5.73 Å². The fourth-order valence-electron chi connectivity index (χ4n) is 1.09. The molecule has 0 aromatic carbocycles. The molecule has 0 saturated heterocycles. The summed E-state index contributed by atoms with van der Waals surface area (Å²) in [5.74, 6) is -0.792. The number of rotatable bonds is 3. The zero-order chi connectivity index (χ0) is 12.3. The third-order valence-electron chi connectivity index (χ3n) is 2.05. The second-order valence-corrected chi connectivity index (χ2v) is 4.16. The van der Waals surface area contributed by atoms with Gasteiger partial charge in [0.15, 0.2) is 5.88 Å². The molecule has 5 N–H and O–H groups in total. The predicted octanol–water partition coefficient (Wildman–Crippen LogP) is -0.452. The van der Waals surface area contributed by atoms with Gasteiger partial charge in [0, 0.05) is 24.2 Å². The number of H-pyrrole nitrogens is 1. The standard InChI is InChI=1S/C10H15N3O3/c1-10(2,5-11)13-9(16)6-3-7(14)12-8(15)4-6/h3-4H,5,11H2,1-2H3,(H,13,16)(H2,12,14,15). The molecular formula is C10H15N3O3. The molecule has 0 aliphatic carbocycles. The molecule has 0 fully saturated rings. The number of amides is 1. The Bertz CT molecular complexity index is 451. The molecule has 1 aromatic rings. The Labute approximate surface area is 92.5 Å². The molecule has 6 nitrogen and oxygen atoms in total. The highest BCUT2D eigenvalue weighted by molar-refractivity contribution is 5.94. The number of carbonyl (C=O) groups excluding carboxylic acids is 1. The van der Waals surface area contributed by atoms with Crippen LogP contribution in [0.3, 0.4) is 0 Å². The van der Waals surface area contributed by atoms with Crippen LogP contribution in [0.1, 0.15) is 24.2 Å². The van der Waals surface area contributed by atoms with E-state index in [1.807, 2.05) is 0 Å². The van der Waals surface area contributed by atoms with Crippen LogP contribution in [0.4, 0.5) is 0 Å². The van der Waals surface area contributed by atoms with Gasteiger partial charge in [-0.15, -0.1) is 0 Å². The smallest absolute Gasteiger partial charge is 0.252 e. The Balaban J connectivity index is 2.93. The molecule has 1 rings (SSSR count). The lowest BCUT2D eigenvalue weighted by atomic mass is 10.1. The third kappa shape index (κ3) is 3.09. The first-order chi connectivity index (χ1) is 7.34. The minimum Gasteiger partial charge on any atom is -0.494 e. The van der Waals surface area contributed by atoms with Gasteiger partial charge in [0.25, 0.3) is 11.5 Å². The number of nitrogens with one attached hydrogen (secondary N) is 2. The fraction of sp³-hybridized carbons (Fsp3) is 0.400. The highest BCUT2D eigenvalue weighted by Gasteiger charge is 2.19. The summed E-state index contributed by atoms with van der Waals surface area (Å²) in [6, 6.07) is 2.30. The van der Waals surface area contributed by atoms with Crippen molar-refractivity contribution in [3.8, 4) is 5.88 Å². The van der Waals surface area contributed by atoms with Crippen molar-refractivity contribution < 1.29 is 9.90 Å². The highest BCUT2D eigenvalue weighted by atomic mass is 16.3. The number of aromatic nitrogens is 1. The summed E-state index contributed by atoms with van der Waals surface area (Å²) in [6.07, 6.45) is 0. The number of hydrogen-bond acceptors (Lipinski definition) is 4. The van der Waals surface area contributed by atoms with E-state index >= 15 is 0 Å². The van der Waals surface area contributed by atoms with Gasteiger partial charge < -0.3 is 16.2 Å². The van der Waals surface area contributed by atoms with E-state index in [9.17, 15) is 9.59 Å². The number of aromatic hydroxyl groups is 1. The van der Waals surface area contributed by atoms with Crippen LogP contribution in [0.2, 0.25) is 0 Å². The molecule has 1 aromatic heterocycles. The normalized spacial score (nSPS) is 11.2. The maximum absolute atomic E-state index is 11.7. The molecule has 6 heteroatoms. The lowest BCUT2D eigenvalue weighted by Crippen LogP contribution is -2.48. The topological polar surface area (TPSA) is 108 Å². The predicted molar refractivity (Wildman–Crippen MR) is 59.3 cm³/mol. The summed E-state index contributed by atoms with van der Waals surface area (Å²) in [6.45, 7) is 3.80. The van der Waals surface area contributed by atoms with Crippen LogP contribution < -0.4 is 16.6 Å². The van der Waals surface area contributed by atoms with E-state index in [1.54, 1.807) is 13.8 Å². The second-order valence-electron chi connectivity index (χ2n) is 4.16. The zero-order valence-corrected chi connectivity index (χ0v) is 9.20. The van der Waals surface area contributed by atoms with Crippen LogP contribution in [0, 0.1) is 0 Å². The van der Waals surface area contributed by atoms with E-state index in [4.69, 9.17) is 10.8 Å². The SMILES string of the molecule is CC(C)(CN)NC(=O)c1cc(O)[nH]c(=O)c1. The number of aromatic amines is 1. The Morgan fingerprint density at radius 1 is 1.56 bits per heavy atom. The third-order valence-corrected chi connectivity index (χ3v) is 2.05. The van der Waals surface area contributed by atoms with Crippen molar-refractivity contribution in [3.63, 3.8) is 0 Å². The van der Waals surface area contributed by atoms with Crippen LogP contribution in [0.15, 0.2) is 16.9 Å². The molecule has 1 amide bonds. The van der Waals surface area contributed by atoms with Crippen LogP contribution in [-0.4, -0.2) is 28.1 Å². The van der Waals surface area contributed by atoms with Crippen LogP contribution in [-0.2, 0) is 0 Å². The molecule has 16 heavy (non-hydrogen) atoms.